The summed E-state index contributed by atoms with van der Waals surface area (Å²) in [6.45, 7) is 0.852. The number of rotatable bonds is 1. The summed E-state index contributed by atoms with van der Waals surface area (Å²) < 4.78 is 37.9. The molecule has 0 aromatic carbocycles. The molecule has 5 nitrogen and oxygen atoms in total. The van der Waals surface area contributed by atoms with Crippen LogP contribution in [0.5, 0.6) is 0 Å². The lowest BCUT2D eigenvalue weighted by Gasteiger charge is -2.54. The van der Waals surface area contributed by atoms with Crippen molar-refractivity contribution in [3.63, 3.8) is 0 Å². The quantitative estimate of drug-likeness (QED) is 0.816. The zero-order chi connectivity index (χ0) is 15.3. The van der Waals surface area contributed by atoms with Gasteiger partial charge in [-0.15, -0.1) is 0 Å². The maximum absolute atomic E-state index is 12.6. The van der Waals surface area contributed by atoms with Crippen LogP contribution in [0.15, 0.2) is 12.3 Å². The van der Waals surface area contributed by atoms with Crippen LogP contribution in [-0.2, 0) is 6.18 Å². The number of piperidine rings is 1. The highest BCUT2D eigenvalue weighted by Gasteiger charge is 2.55. The Morgan fingerprint density at radius 2 is 1.81 bits per heavy atom. The lowest BCUT2D eigenvalue weighted by Crippen LogP contribution is -2.61. The van der Waals surface area contributed by atoms with Gasteiger partial charge in [0.05, 0.1) is 12.2 Å². The Morgan fingerprint density at radius 1 is 1.19 bits per heavy atom. The van der Waals surface area contributed by atoms with Crippen molar-refractivity contribution in [1.29, 1.82) is 0 Å². The van der Waals surface area contributed by atoms with Crippen LogP contribution in [0.1, 0.15) is 25.0 Å². The van der Waals surface area contributed by atoms with E-state index < -0.39 is 29.5 Å². The summed E-state index contributed by atoms with van der Waals surface area (Å²) in [6, 6.07) is 0.842. The summed E-state index contributed by atoms with van der Waals surface area (Å²) in [5.74, 6) is 0.0444. The summed E-state index contributed by atoms with van der Waals surface area (Å²) in [5.41, 5.74) is -1.46. The second-order valence-electron chi connectivity index (χ2n) is 5.73. The lowest BCUT2D eigenvalue weighted by molar-refractivity contribution is -0.178. The topological polar surface area (TPSA) is 69.5 Å². The summed E-state index contributed by atoms with van der Waals surface area (Å²) in [6.07, 6.45) is -3.03. The zero-order valence-electron chi connectivity index (χ0n) is 11.2. The van der Waals surface area contributed by atoms with Gasteiger partial charge in [0, 0.05) is 31.1 Å². The number of anilines is 1. The lowest BCUT2D eigenvalue weighted by atomic mass is 9.58. The van der Waals surface area contributed by atoms with Crippen LogP contribution in [0.4, 0.5) is 19.1 Å². The van der Waals surface area contributed by atoms with Gasteiger partial charge in [-0.05, 0) is 18.9 Å². The van der Waals surface area contributed by atoms with Gasteiger partial charge in [-0.1, -0.05) is 0 Å². The predicted molar refractivity (Wildman–Crippen MR) is 67.5 cm³/mol. The molecule has 0 radical (unpaired) electrons. The third kappa shape index (κ3) is 2.36. The molecule has 2 heterocycles. The first-order valence-corrected chi connectivity index (χ1v) is 6.84. The first kappa shape index (κ1) is 14.5. The SMILES string of the molecule is O[C@@H]1C[C@H](O)C12CCN(c1nccc(C(F)(F)F)n1)CC2. The number of aliphatic hydroxyl groups excluding tert-OH is 2. The average Bonchev–Trinajstić information content (AvgIpc) is 2.47. The molecule has 2 aliphatic rings. The fourth-order valence-corrected chi connectivity index (χ4v) is 3.19. The fraction of sp³-hybridized carbons (Fsp3) is 0.692. The minimum absolute atomic E-state index is 0.0444. The number of aliphatic hydroxyl groups is 2. The number of hydrogen-bond acceptors (Lipinski definition) is 5. The highest BCUT2D eigenvalue weighted by atomic mass is 19.4. The molecule has 2 atom stereocenters. The van der Waals surface area contributed by atoms with Gasteiger partial charge in [0.15, 0.2) is 0 Å². The van der Waals surface area contributed by atoms with Gasteiger partial charge in [0.25, 0.3) is 0 Å². The zero-order valence-corrected chi connectivity index (χ0v) is 11.2. The molecule has 0 bridgehead atoms. The van der Waals surface area contributed by atoms with E-state index in [4.69, 9.17) is 0 Å². The van der Waals surface area contributed by atoms with Crippen LogP contribution in [0.25, 0.3) is 0 Å². The van der Waals surface area contributed by atoms with Crippen molar-refractivity contribution in [3.05, 3.63) is 18.0 Å². The number of halogens is 3. The van der Waals surface area contributed by atoms with Crippen LogP contribution >= 0.6 is 0 Å². The van der Waals surface area contributed by atoms with Crippen molar-refractivity contribution in [1.82, 2.24) is 9.97 Å². The fourth-order valence-electron chi connectivity index (χ4n) is 3.19. The molecule has 1 saturated carbocycles. The molecule has 2 N–H and O–H groups in total. The van der Waals surface area contributed by atoms with Gasteiger partial charge in [-0.25, -0.2) is 9.97 Å². The van der Waals surface area contributed by atoms with Crippen LogP contribution in [-0.4, -0.2) is 45.5 Å². The molecule has 2 fully saturated rings. The Hall–Kier alpha value is -1.41. The van der Waals surface area contributed by atoms with Crippen molar-refractivity contribution in [2.24, 2.45) is 5.41 Å². The smallest absolute Gasteiger partial charge is 0.392 e. The summed E-state index contributed by atoms with van der Waals surface area (Å²) in [5, 5.41) is 19.7. The highest BCUT2D eigenvalue weighted by Crippen LogP contribution is 2.49. The molecule has 1 saturated heterocycles. The van der Waals surface area contributed by atoms with Crippen molar-refractivity contribution >= 4 is 5.95 Å². The molecule has 0 amide bonds. The molecule has 1 spiro atoms. The van der Waals surface area contributed by atoms with E-state index in [2.05, 4.69) is 9.97 Å². The molecule has 8 heteroatoms. The molecule has 0 unspecified atom stereocenters. The van der Waals surface area contributed by atoms with Gasteiger partial charge in [-0.3, -0.25) is 0 Å². The predicted octanol–water partition coefficient (Wildman–Crippen LogP) is 1.21. The largest absolute Gasteiger partial charge is 0.433 e. The van der Waals surface area contributed by atoms with E-state index in [9.17, 15) is 23.4 Å². The summed E-state index contributed by atoms with van der Waals surface area (Å²) in [7, 11) is 0. The minimum Gasteiger partial charge on any atom is -0.392 e. The van der Waals surface area contributed by atoms with E-state index in [1.54, 1.807) is 4.90 Å². The van der Waals surface area contributed by atoms with E-state index in [0.717, 1.165) is 12.3 Å². The van der Waals surface area contributed by atoms with Gasteiger partial charge in [-0.2, -0.15) is 13.2 Å². The molecule has 21 heavy (non-hydrogen) atoms. The molecule has 3 rings (SSSR count). The van der Waals surface area contributed by atoms with E-state index in [-0.39, 0.29) is 5.95 Å². The van der Waals surface area contributed by atoms with Crippen LogP contribution in [0.2, 0.25) is 0 Å². The monoisotopic (exact) mass is 303 g/mol. The van der Waals surface area contributed by atoms with Gasteiger partial charge in [0.1, 0.15) is 5.69 Å². The van der Waals surface area contributed by atoms with Crippen LogP contribution in [0.3, 0.4) is 0 Å². The molecular weight excluding hydrogens is 287 g/mol. The van der Waals surface area contributed by atoms with Crippen molar-refractivity contribution < 1.29 is 23.4 Å². The first-order valence-electron chi connectivity index (χ1n) is 6.84. The maximum Gasteiger partial charge on any atom is 0.433 e. The van der Waals surface area contributed by atoms with Gasteiger partial charge < -0.3 is 15.1 Å². The molecule has 1 aliphatic heterocycles. The number of hydrogen-bond donors (Lipinski definition) is 2. The van der Waals surface area contributed by atoms with Crippen LogP contribution in [0, 0.1) is 5.41 Å². The van der Waals surface area contributed by atoms with Gasteiger partial charge >= 0.3 is 6.18 Å². The third-order valence-electron chi connectivity index (χ3n) is 4.68. The molecule has 116 valence electrons. The summed E-state index contributed by atoms with van der Waals surface area (Å²) in [4.78, 5) is 9.12. The van der Waals surface area contributed by atoms with E-state index in [1.807, 2.05) is 0 Å². The van der Waals surface area contributed by atoms with E-state index in [1.165, 1.54) is 0 Å². The second-order valence-corrected chi connectivity index (χ2v) is 5.73. The molecule has 1 aromatic rings. The number of nitrogens with zero attached hydrogens (tertiary/aromatic N) is 3. The van der Waals surface area contributed by atoms with Crippen molar-refractivity contribution in [3.8, 4) is 0 Å². The standard InChI is InChI=1S/C13H16F3N3O2/c14-13(15,16)8-1-4-17-11(18-8)19-5-2-12(3-6-19)9(20)7-10(12)21/h1,4,9-10,20-21H,2-3,5-7H2/t9-,10+. The average molecular weight is 303 g/mol. The normalized spacial score (nSPS) is 28.5. The minimum atomic E-state index is -4.49. The maximum atomic E-state index is 12.6. The molecule has 1 aliphatic carbocycles. The first-order chi connectivity index (χ1) is 9.83. The van der Waals surface area contributed by atoms with Crippen LogP contribution < -0.4 is 4.90 Å². The Bertz CT molecular complexity index is 520. The number of aromatic nitrogens is 2. The highest BCUT2D eigenvalue weighted by molar-refractivity contribution is 5.32. The molecule has 1 aromatic heterocycles. The van der Waals surface area contributed by atoms with E-state index >= 15 is 0 Å². The summed E-state index contributed by atoms with van der Waals surface area (Å²) >= 11 is 0. The Labute approximate surface area is 119 Å². The molecular formula is C13H16F3N3O2. The van der Waals surface area contributed by atoms with Gasteiger partial charge in [0.2, 0.25) is 5.95 Å². The van der Waals surface area contributed by atoms with Crippen molar-refractivity contribution in [2.75, 3.05) is 18.0 Å². The third-order valence-corrected chi connectivity index (χ3v) is 4.68. The second kappa shape index (κ2) is 4.81. The van der Waals surface area contributed by atoms with E-state index in [0.29, 0.717) is 32.4 Å². The Balaban J connectivity index is 1.73. The Kier molecular flexibility index (Phi) is 3.32. The number of alkyl halides is 3. The van der Waals surface area contributed by atoms with Crippen molar-refractivity contribution in [2.45, 2.75) is 37.6 Å². The Morgan fingerprint density at radius 3 is 2.33 bits per heavy atom.